The summed E-state index contributed by atoms with van der Waals surface area (Å²) in [7, 11) is 0. The van der Waals surface area contributed by atoms with Gasteiger partial charge in [-0.1, -0.05) is 32.0 Å². The number of hydrogen-bond donors (Lipinski definition) is 2. The summed E-state index contributed by atoms with van der Waals surface area (Å²) in [6.45, 7) is 3.61. The van der Waals surface area contributed by atoms with E-state index >= 15 is 0 Å². The van der Waals surface area contributed by atoms with E-state index < -0.39 is 11.6 Å². The van der Waals surface area contributed by atoms with E-state index in [9.17, 15) is 13.6 Å². The van der Waals surface area contributed by atoms with Crippen molar-refractivity contribution in [1.29, 1.82) is 0 Å². The van der Waals surface area contributed by atoms with Crippen LogP contribution in [-0.2, 0) is 4.79 Å². The second kappa shape index (κ2) is 8.50. The van der Waals surface area contributed by atoms with Crippen molar-refractivity contribution in [2.24, 2.45) is 5.92 Å². The van der Waals surface area contributed by atoms with Gasteiger partial charge in [0.2, 0.25) is 5.91 Å². The highest BCUT2D eigenvalue weighted by atomic mass is 19.2. The number of nitrogen functional groups attached to an aromatic ring is 1. The van der Waals surface area contributed by atoms with Gasteiger partial charge in [-0.3, -0.25) is 4.79 Å². The number of carbonyl (C=O) groups is 1. The van der Waals surface area contributed by atoms with Crippen molar-refractivity contribution in [1.82, 2.24) is 25.2 Å². The van der Waals surface area contributed by atoms with Gasteiger partial charge >= 0.3 is 0 Å². The van der Waals surface area contributed by atoms with E-state index in [1.165, 1.54) is 12.1 Å². The molecule has 8 nitrogen and oxygen atoms in total. The lowest BCUT2D eigenvalue weighted by molar-refractivity contribution is -0.118. The van der Waals surface area contributed by atoms with Gasteiger partial charge < -0.3 is 11.1 Å². The maximum atomic E-state index is 14.3. The molecule has 0 radical (unpaired) electrons. The minimum atomic E-state index is -1.09. The predicted molar refractivity (Wildman–Crippen MR) is 116 cm³/mol. The standard InChI is InChI=1S/C22H19F2N7O/c1-12(2)22(32)27-15-6-3-5-13(9-15)14-10-16(20(25)26-11-14)21-28-29-30-31(21)18-8-4-7-17(23)19(18)24/h3-12H,1-2H3,(H2,25,26)(H,27,32). The molecule has 4 rings (SSSR count). The number of halogens is 2. The number of pyridine rings is 1. The van der Waals surface area contributed by atoms with Gasteiger partial charge in [-0.2, -0.15) is 4.68 Å². The summed E-state index contributed by atoms with van der Waals surface area (Å²) in [5, 5.41) is 14.2. The fraction of sp³-hybridized carbons (Fsp3) is 0.136. The third-order valence-electron chi connectivity index (χ3n) is 4.78. The topological polar surface area (TPSA) is 112 Å². The number of nitrogens with two attached hydrogens (primary N) is 1. The zero-order chi connectivity index (χ0) is 22.8. The molecule has 1 amide bonds. The molecule has 0 atom stereocenters. The summed E-state index contributed by atoms with van der Waals surface area (Å²) in [5.74, 6) is -2.15. The number of carbonyl (C=O) groups excluding carboxylic acids is 1. The van der Waals surface area contributed by atoms with Crippen molar-refractivity contribution in [2.75, 3.05) is 11.1 Å². The minimum Gasteiger partial charge on any atom is -0.383 e. The van der Waals surface area contributed by atoms with Gasteiger partial charge in [0.15, 0.2) is 17.5 Å². The number of anilines is 2. The normalized spacial score (nSPS) is 11.0. The number of aromatic nitrogens is 5. The Morgan fingerprint density at radius 1 is 1.09 bits per heavy atom. The average Bonchev–Trinajstić information content (AvgIpc) is 3.25. The van der Waals surface area contributed by atoms with Gasteiger partial charge in [0.1, 0.15) is 11.5 Å². The van der Waals surface area contributed by atoms with E-state index in [-0.39, 0.29) is 29.2 Å². The van der Waals surface area contributed by atoms with Crippen LogP contribution in [0.15, 0.2) is 54.7 Å². The van der Waals surface area contributed by atoms with Crippen LogP contribution in [-0.4, -0.2) is 31.1 Å². The zero-order valence-corrected chi connectivity index (χ0v) is 17.3. The quantitative estimate of drug-likeness (QED) is 0.493. The van der Waals surface area contributed by atoms with E-state index in [0.29, 0.717) is 16.8 Å². The number of nitrogens with zero attached hydrogens (tertiary/aromatic N) is 5. The molecule has 10 heteroatoms. The summed E-state index contributed by atoms with van der Waals surface area (Å²) in [5.41, 5.74) is 8.30. The first-order valence-electron chi connectivity index (χ1n) is 9.75. The lowest BCUT2D eigenvalue weighted by Gasteiger charge is -2.11. The predicted octanol–water partition coefficient (Wildman–Crippen LogP) is 3.85. The largest absolute Gasteiger partial charge is 0.383 e. The molecule has 0 bridgehead atoms. The summed E-state index contributed by atoms with van der Waals surface area (Å²) < 4.78 is 29.1. The van der Waals surface area contributed by atoms with Crippen molar-refractivity contribution < 1.29 is 13.6 Å². The second-order valence-electron chi connectivity index (χ2n) is 7.37. The summed E-state index contributed by atoms with van der Waals surface area (Å²) in [6, 6.07) is 12.6. The number of tetrazole rings is 1. The molecule has 0 saturated heterocycles. The number of nitrogens with one attached hydrogen (secondary N) is 1. The van der Waals surface area contributed by atoms with E-state index in [0.717, 1.165) is 16.3 Å². The number of hydrogen-bond acceptors (Lipinski definition) is 6. The van der Waals surface area contributed by atoms with E-state index in [4.69, 9.17) is 5.73 Å². The maximum absolute atomic E-state index is 14.3. The fourth-order valence-corrected chi connectivity index (χ4v) is 3.05. The van der Waals surface area contributed by atoms with Crippen LogP contribution in [0.25, 0.3) is 28.2 Å². The van der Waals surface area contributed by atoms with Gasteiger partial charge in [-0.25, -0.2) is 13.8 Å². The molecule has 3 N–H and O–H groups in total. The van der Waals surface area contributed by atoms with Gasteiger partial charge in [-0.15, -0.1) is 5.10 Å². The Kier molecular flexibility index (Phi) is 5.59. The molecule has 32 heavy (non-hydrogen) atoms. The van der Waals surface area contributed by atoms with E-state index in [1.807, 2.05) is 6.07 Å². The Labute approximate surface area is 182 Å². The molecular weight excluding hydrogens is 416 g/mol. The number of amides is 1. The SMILES string of the molecule is CC(C)C(=O)Nc1cccc(-c2cnc(N)c(-c3nnnn3-c3cccc(F)c3F)c2)c1. The highest BCUT2D eigenvalue weighted by molar-refractivity contribution is 5.92. The van der Waals surface area contributed by atoms with Crippen LogP contribution in [0.4, 0.5) is 20.3 Å². The number of rotatable bonds is 5. The minimum absolute atomic E-state index is 0.102. The summed E-state index contributed by atoms with van der Waals surface area (Å²) >= 11 is 0. The maximum Gasteiger partial charge on any atom is 0.226 e. The Hall–Kier alpha value is -4.21. The van der Waals surface area contributed by atoms with Crippen LogP contribution in [0.2, 0.25) is 0 Å². The van der Waals surface area contributed by atoms with Crippen molar-refractivity contribution in [2.45, 2.75) is 13.8 Å². The molecule has 2 aromatic heterocycles. The molecule has 4 aromatic rings. The zero-order valence-electron chi connectivity index (χ0n) is 17.3. The van der Waals surface area contributed by atoms with Crippen LogP contribution in [0.5, 0.6) is 0 Å². The molecule has 162 valence electrons. The lowest BCUT2D eigenvalue weighted by Crippen LogP contribution is -2.17. The number of benzene rings is 2. The molecule has 0 saturated carbocycles. The van der Waals surface area contributed by atoms with Crippen LogP contribution < -0.4 is 11.1 Å². The van der Waals surface area contributed by atoms with Crippen LogP contribution >= 0.6 is 0 Å². The van der Waals surface area contributed by atoms with Crippen molar-refractivity contribution in [3.63, 3.8) is 0 Å². The molecule has 0 spiro atoms. The van der Waals surface area contributed by atoms with Crippen molar-refractivity contribution in [3.05, 3.63) is 66.4 Å². The van der Waals surface area contributed by atoms with E-state index in [2.05, 4.69) is 25.8 Å². The van der Waals surface area contributed by atoms with Crippen molar-refractivity contribution in [3.8, 4) is 28.2 Å². The monoisotopic (exact) mass is 435 g/mol. The third kappa shape index (κ3) is 4.02. The first-order valence-corrected chi connectivity index (χ1v) is 9.75. The Morgan fingerprint density at radius 3 is 2.66 bits per heavy atom. The van der Waals surface area contributed by atoms with Gasteiger partial charge in [0.05, 0.1) is 5.56 Å². The lowest BCUT2D eigenvalue weighted by atomic mass is 10.0. The molecule has 0 aliphatic carbocycles. The van der Waals surface area contributed by atoms with E-state index in [1.54, 1.807) is 44.3 Å². The fourth-order valence-electron chi connectivity index (χ4n) is 3.05. The van der Waals surface area contributed by atoms with Gasteiger partial charge in [0, 0.05) is 23.4 Å². The Morgan fingerprint density at radius 2 is 1.88 bits per heavy atom. The molecule has 2 aromatic carbocycles. The Balaban J connectivity index is 1.76. The molecule has 0 aliphatic heterocycles. The first-order chi connectivity index (χ1) is 15.3. The third-order valence-corrected chi connectivity index (χ3v) is 4.78. The average molecular weight is 435 g/mol. The summed E-state index contributed by atoms with van der Waals surface area (Å²) in [6.07, 6.45) is 1.57. The van der Waals surface area contributed by atoms with Crippen LogP contribution in [0.3, 0.4) is 0 Å². The highest BCUT2D eigenvalue weighted by Crippen LogP contribution is 2.31. The highest BCUT2D eigenvalue weighted by Gasteiger charge is 2.19. The molecule has 0 unspecified atom stereocenters. The smallest absolute Gasteiger partial charge is 0.226 e. The van der Waals surface area contributed by atoms with Gasteiger partial charge in [-0.05, 0) is 46.3 Å². The molecule has 0 fully saturated rings. The molecular formula is C22H19F2N7O. The van der Waals surface area contributed by atoms with Crippen LogP contribution in [0.1, 0.15) is 13.8 Å². The van der Waals surface area contributed by atoms with Crippen molar-refractivity contribution >= 4 is 17.4 Å². The second-order valence-corrected chi connectivity index (χ2v) is 7.37. The molecule has 0 aliphatic rings. The molecule has 2 heterocycles. The van der Waals surface area contributed by atoms with Gasteiger partial charge in [0.25, 0.3) is 0 Å². The summed E-state index contributed by atoms with van der Waals surface area (Å²) in [4.78, 5) is 16.2. The Bertz CT molecular complexity index is 1300. The first kappa shape index (κ1) is 21.0. The van der Waals surface area contributed by atoms with Crippen LogP contribution in [0, 0.1) is 17.6 Å².